The van der Waals surface area contributed by atoms with Crippen LogP contribution in [0.3, 0.4) is 0 Å². The summed E-state index contributed by atoms with van der Waals surface area (Å²) in [4.78, 5) is 0. The molecule has 0 nitrogen and oxygen atoms in total. The van der Waals surface area contributed by atoms with Crippen molar-refractivity contribution in [2.45, 2.75) is 0 Å². The van der Waals surface area contributed by atoms with Gasteiger partial charge in [0.2, 0.25) is 0 Å². The SMILES string of the molecule is CP(C)[CH-]P(C)C.[Li+]. The maximum absolute atomic E-state index is 2.46. The van der Waals surface area contributed by atoms with Gasteiger partial charge in [0.25, 0.3) is 0 Å². The van der Waals surface area contributed by atoms with Crippen LogP contribution in [0.5, 0.6) is 0 Å². The molecule has 0 heterocycles. The van der Waals surface area contributed by atoms with Crippen LogP contribution in [-0.4, -0.2) is 26.7 Å². The van der Waals surface area contributed by atoms with E-state index in [0.29, 0.717) is 0 Å². The number of hydrogen-bond donors (Lipinski definition) is 0. The average Bonchev–Trinajstić information content (AvgIpc) is 1.27. The molecular weight excluding hydrogens is 129 g/mol. The minimum Gasteiger partial charge on any atom is -0.277 e. The summed E-state index contributed by atoms with van der Waals surface area (Å²) in [6, 6.07) is 0. The van der Waals surface area contributed by atoms with E-state index in [0.717, 1.165) is 0 Å². The predicted molar refractivity (Wildman–Crippen MR) is 41.8 cm³/mol. The van der Waals surface area contributed by atoms with Gasteiger partial charge in [0, 0.05) is 0 Å². The fraction of sp³-hybridized carbons (Fsp3) is 0.800. The largest absolute Gasteiger partial charge is 1.00 e. The summed E-state index contributed by atoms with van der Waals surface area (Å²) in [6.07, 6.45) is 0. The molecule has 3 heteroatoms. The third-order valence-electron chi connectivity index (χ3n) is 0.462. The first-order valence-corrected chi connectivity index (χ1v) is 6.92. The molecule has 0 aromatic heterocycles. The molecule has 0 aliphatic rings. The van der Waals surface area contributed by atoms with Crippen LogP contribution in [0.25, 0.3) is 0 Å². The molecule has 0 atom stereocenters. The Hall–Kier alpha value is 1.46. The van der Waals surface area contributed by atoms with Crippen LogP contribution >= 0.6 is 15.8 Å². The maximum Gasteiger partial charge on any atom is 1.00 e. The molecule has 0 unspecified atom stereocenters. The summed E-state index contributed by atoms with van der Waals surface area (Å²) < 4.78 is 0. The Morgan fingerprint density at radius 1 is 0.875 bits per heavy atom. The second kappa shape index (κ2) is 6.58. The Labute approximate surface area is 67.5 Å². The van der Waals surface area contributed by atoms with E-state index in [-0.39, 0.29) is 34.7 Å². The van der Waals surface area contributed by atoms with Crippen molar-refractivity contribution in [3.63, 3.8) is 0 Å². The smallest absolute Gasteiger partial charge is 0.277 e. The monoisotopic (exact) mass is 142 g/mol. The first kappa shape index (κ1) is 12.2. The van der Waals surface area contributed by atoms with Crippen molar-refractivity contribution in [3.8, 4) is 0 Å². The topological polar surface area (TPSA) is 0 Å². The molecule has 0 aromatic rings. The molecule has 0 aromatic carbocycles. The van der Waals surface area contributed by atoms with Gasteiger partial charge in [0.05, 0.1) is 0 Å². The molecule has 0 rings (SSSR count). The van der Waals surface area contributed by atoms with Crippen molar-refractivity contribution >= 4 is 15.8 Å². The summed E-state index contributed by atoms with van der Waals surface area (Å²) in [5, 5.41) is 0. The first-order chi connectivity index (χ1) is 3.13. The third-order valence-corrected chi connectivity index (χ3v) is 4.16. The molecule has 0 spiro atoms. The average molecular weight is 142 g/mol. The van der Waals surface area contributed by atoms with E-state index in [1.165, 1.54) is 0 Å². The zero-order chi connectivity index (χ0) is 5.86. The van der Waals surface area contributed by atoms with Gasteiger partial charge in [-0.25, -0.2) is 0 Å². The van der Waals surface area contributed by atoms with Crippen molar-refractivity contribution in [1.82, 2.24) is 0 Å². The Morgan fingerprint density at radius 3 is 1.12 bits per heavy atom. The molecule has 44 valence electrons. The quantitative estimate of drug-likeness (QED) is 0.279. The van der Waals surface area contributed by atoms with Gasteiger partial charge in [-0.15, -0.1) is 0 Å². The van der Waals surface area contributed by atoms with Crippen LogP contribution in [-0.2, 0) is 0 Å². The minimum atomic E-state index is 0. The molecular formula is C5H13LiP2. The molecule has 0 N–H and O–H groups in total. The van der Waals surface area contributed by atoms with E-state index in [9.17, 15) is 0 Å². The summed E-state index contributed by atoms with van der Waals surface area (Å²) >= 11 is 0. The Morgan fingerprint density at radius 2 is 1.12 bits per heavy atom. The van der Waals surface area contributed by atoms with Gasteiger partial charge in [-0.1, -0.05) is 26.7 Å². The summed E-state index contributed by atoms with van der Waals surface area (Å²) in [7, 11) is 0.528. The zero-order valence-electron chi connectivity index (χ0n) is 6.47. The molecule has 0 bridgehead atoms. The van der Waals surface area contributed by atoms with Gasteiger partial charge >= 0.3 is 18.9 Å². The van der Waals surface area contributed by atoms with Gasteiger partial charge in [-0.05, 0) is 0 Å². The van der Waals surface area contributed by atoms with Crippen LogP contribution in [0.1, 0.15) is 0 Å². The van der Waals surface area contributed by atoms with Gasteiger partial charge in [-0.2, -0.15) is 0 Å². The van der Waals surface area contributed by atoms with Gasteiger partial charge in [0.1, 0.15) is 0 Å². The minimum absolute atomic E-state index is 0. The molecule has 0 aliphatic heterocycles. The second-order valence-corrected chi connectivity index (χ2v) is 6.82. The van der Waals surface area contributed by atoms with Gasteiger partial charge in [0.15, 0.2) is 0 Å². The van der Waals surface area contributed by atoms with E-state index in [1.807, 2.05) is 0 Å². The molecule has 8 heavy (non-hydrogen) atoms. The normalized spacial score (nSPS) is 9.75. The van der Waals surface area contributed by atoms with Crippen molar-refractivity contribution in [3.05, 3.63) is 5.90 Å². The van der Waals surface area contributed by atoms with Crippen molar-refractivity contribution in [2.75, 3.05) is 26.7 Å². The van der Waals surface area contributed by atoms with E-state index >= 15 is 0 Å². The predicted octanol–water partition coefficient (Wildman–Crippen LogP) is -0.407. The molecule has 0 fully saturated rings. The van der Waals surface area contributed by atoms with Crippen LogP contribution in [0.2, 0.25) is 0 Å². The summed E-state index contributed by atoms with van der Waals surface area (Å²) in [6.45, 7) is 9.16. The number of hydrogen-bond acceptors (Lipinski definition) is 0. The first-order valence-electron chi connectivity index (χ1n) is 2.31. The summed E-state index contributed by atoms with van der Waals surface area (Å²) in [5.74, 6) is 2.46. The molecule has 0 saturated carbocycles. The Balaban J connectivity index is 0. The third kappa shape index (κ3) is 10.4. The fourth-order valence-electron chi connectivity index (χ4n) is 0.462. The van der Waals surface area contributed by atoms with Crippen LogP contribution in [0.4, 0.5) is 0 Å². The molecule has 0 amide bonds. The second-order valence-electron chi connectivity index (χ2n) is 2.04. The van der Waals surface area contributed by atoms with E-state index in [4.69, 9.17) is 0 Å². The van der Waals surface area contributed by atoms with Crippen molar-refractivity contribution in [2.24, 2.45) is 0 Å². The van der Waals surface area contributed by atoms with E-state index in [2.05, 4.69) is 32.6 Å². The van der Waals surface area contributed by atoms with E-state index in [1.54, 1.807) is 0 Å². The Bertz CT molecular complexity index is 39.7. The van der Waals surface area contributed by atoms with Gasteiger partial charge in [-0.3, -0.25) is 21.7 Å². The van der Waals surface area contributed by atoms with E-state index < -0.39 is 0 Å². The maximum atomic E-state index is 2.46. The molecule has 0 radical (unpaired) electrons. The summed E-state index contributed by atoms with van der Waals surface area (Å²) in [5.41, 5.74) is 0. The standard InChI is InChI=1S/C5H13P2.Li/c1-6(2)5-7(3)4;/h5H,1-4H3;/q-1;+1. The van der Waals surface area contributed by atoms with Crippen LogP contribution in [0.15, 0.2) is 0 Å². The Kier molecular flexibility index (Phi) is 10.00. The van der Waals surface area contributed by atoms with Crippen molar-refractivity contribution in [1.29, 1.82) is 0 Å². The van der Waals surface area contributed by atoms with Crippen LogP contribution < -0.4 is 18.9 Å². The molecule has 0 saturated heterocycles. The zero-order valence-corrected chi connectivity index (χ0v) is 8.26. The van der Waals surface area contributed by atoms with Crippen LogP contribution in [0, 0.1) is 5.90 Å². The van der Waals surface area contributed by atoms with Crippen molar-refractivity contribution < 1.29 is 18.9 Å². The van der Waals surface area contributed by atoms with Gasteiger partial charge < -0.3 is 0 Å². The number of rotatable bonds is 2. The fourth-order valence-corrected chi connectivity index (χ4v) is 4.16. The molecule has 0 aliphatic carbocycles.